The first kappa shape index (κ1) is 17.5. The first-order valence-corrected chi connectivity index (χ1v) is 8.35. The van der Waals surface area contributed by atoms with Crippen molar-refractivity contribution in [2.75, 3.05) is 7.11 Å². The van der Waals surface area contributed by atoms with Crippen LogP contribution in [0.1, 0.15) is 32.3 Å². The number of rotatable bonds is 7. The van der Waals surface area contributed by atoms with Gasteiger partial charge in [-0.2, -0.15) is 0 Å². The van der Waals surface area contributed by atoms with E-state index < -0.39 is 10.0 Å². The third-order valence-corrected chi connectivity index (χ3v) is 4.19. The fraction of sp³-hybridized carbons (Fsp3) is 0.500. The van der Waals surface area contributed by atoms with E-state index >= 15 is 0 Å². The van der Waals surface area contributed by atoms with Gasteiger partial charge in [0.1, 0.15) is 5.75 Å². The van der Waals surface area contributed by atoms with Crippen LogP contribution < -0.4 is 15.2 Å². The largest absolute Gasteiger partial charge is 0.496 e. The van der Waals surface area contributed by atoms with Crippen LogP contribution in [0.5, 0.6) is 5.75 Å². The molecule has 0 saturated heterocycles. The maximum atomic E-state index is 12.0. The summed E-state index contributed by atoms with van der Waals surface area (Å²) in [5.41, 5.74) is 0.493. The van der Waals surface area contributed by atoms with Crippen LogP contribution in [0, 0.1) is 0 Å². The Bertz CT molecular complexity index is 595. The van der Waals surface area contributed by atoms with Gasteiger partial charge in [-0.1, -0.05) is 13.8 Å². The molecular weight excluding hydrogens is 292 g/mol. The predicted octanol–water partition coefficient (Wildman–Crippen LogP) is 1.19. The van der Waals surface area contributed by atoms with Crippen LogP contribution in [0.25, 0.3) is 0 Å². The summed E-state index contributed by atoms with van der Waals surface area (Å²) in [6.07, 6.45) is 1.73. The second-order valence-electron chi connectivity index (χ2n) is 4.78. The number of nitrogens with two attached hydrogens (primary N) is 1. The van der Waals surface area contributed by atoms with Gasteiger partial charge in [-0.25, -0.2) is 13.6 Å². The van der Waals surface area contributed by atoms with Gasteiger partial charge in [0.2, 0.25) is 15.9 Å². The highest BCUT2D eigenvalue weighted by Crippen LogP contribution is 2.22. The molecule has 0 heterocycles. The monoisotopic (exact) mass is 314 g/mol. The lowest BCUT2D eigenvalue weighted by molar-refractivity contribution is -0.121. The molecule has 0 fully saturated rings. The average Bonchev–Trinajstić information content (AvgIpc) is 2.43. The number of ether oxygens (including phenoxy) is 1. The number of carbonyl (C=O) groups is 1. The highest BCUT2D eigenvalue weighted by atomic mass is 32.2. The van der Waals surface area contributed by atoms with Crippen molar-refractivity contribution in [2.24, 2.45) is 5.14 Å². The van der Waals surface area contributed by atoms with Gasteiger partial charge in [-0.15, -0.1) is 0 Å². The lowest BCUT2D eigenvalue weighted by Crippen LogP contribution is -2.35. The number of amides is 1. The van der Waals surface area contributed by atoms with Crippen molar-refractivity contribution < 1.29 is 17.9 Å². The molecule has 0 saturated carbocycles. The maximum absolute atomic E-state index is 12.0. The highest BCUT2D eigenvalue weighted by Gasteiger charge is 2.15. The van der Waals surface area contributed by atoms with E-state index in [1.165, 1.54) is 25.3 Å². The minimum Gasteiger partial charge on any atom is -0.496 e. The van der Waals surface area contributed by atoms with Crippen molar-refractivity contribution in [1.29, 1.82) is 0 Å². The Balaban J connectivity index is 2.98. The van der Waals surface area contributed by atoms with E-state index in [1.54, 1.807) is 0 Å². The van der Waals surface area contributed by atoms with E-state index in [4.69, 9.17) is 9.88 Å². The van der Waals surface area contributed by atoms with E-state index in [0.29, 0.717) is 11.3 Å². The lowest BCUT2D eigenvalue weighted by atomic mass is 10.1. The molecule has 0 bridgehead atoms. The van der Waals surface area contributed by atoms with Crippen molar-refractivity contribution in [2.45, 2.75) is 44.0 Å². The molecule has 1 rings (SSSR count). The van der Waals surface area contributed by atoms with Crippen LogP contribution in [-0.2, 0) is 21.2 Å². The van der Waals surface area contributed by atoms with Crippen LogP contribution in [-0.4, -0.2) is 27.5 Å². The molecular formula is C14H22N2O4S. The third kappa shape index (κ3) is 5.02. The zero-order valence-corrected chi connectivity index (χ0v) is 13.4. The summed E-state index contributed by atoms with van der Waals surface area (Å²) >= 11 is 0. The van der Waals surface area contributed by atoms with Crippen LogP contribution in [0.15, 0.2) is 23.1 Å². The van der Waals surface area contributed by atoms with Gasteiger partial charge >= 0.3 is 0 Å². The zero-order chi connectivity index (χ0) is 16.0. The Hall–Kier alpha value is -1.60. The van der Waals surface area contributed by atoms with Gasteiger partial charge in [0.15, 0.2) is 0 Å². The molecule has 0 aromatic heterocycles. The van der Waals surface area contributed by atoms with E-state index in [2.05, 4.69) is 5.32 Å². The summed E-state index contributed by atoms with van der Waals surface area (Å²) in [5, 5.41) is 8.00. The van der Waals surface area contributed by atoms with Gasteiger partial charge in [0, 0.05) is 11.6 Å². The summed E-state index contributed by atoms with van der Waals surface area (Å²) in [6, 6.07) is 4.35. The number of hydrogen-bond acceptors (Lipinski definition) is 4. The standard InChI is InChI=1S/C14H22N2O4S/c1-4-11(5-2)16-14(17)9-10-8-12(21(15,18)19)6-7-13(10)20-3/h6-8,11H,4-5,9H2,1-3H3,(H,16,17)(H2,15,18,19). The highest BCUT2D eigenvalue weighted by molar-refractivity contribution is 7.89. The Kier molecular flexibility index (Phi) is 6.17. The normalized spacial score (nSPS) is 11.5. The average molecular weight is 314 g/mol. The van der Waals surface area contributed by atoms with Gasteiger partial charge in [0.05, 0.1) is 18.4 Å². The summed E-state index contributed by atoms with van der Waals surface area (Å²) in [4.78, 5) is 12.0. The van der Waals surface area contributed by atoms with Gasteiger partial charge in [0.25, 0.3) is 0 Å². The second-order valence-corrected chi connectivity index (χ2v) is 6.34. The molecule has 3 N–H and O–H groups in total. The number of primary sulfonamides is 1. The molecule has 0 unspecified atom stereocenters. The molecule has 0 aliphatic carbocycles. The number of sulfonamides is 1. The molecule has 7 heteroatoms. The van der Waals surface area contributed by atoms with Crippen LogP contribution in [0.3, 0.4) is 0 Å². The first-order valence-electron chi connectivity index (χ1n) is 6.80. The molecule has 118 valence electrons. The number of methoxy groups -OCH3 is 1. The molecule has 21 heavy (non-hydrogen) atoms. The van der Waals surface area contributed by atoms with Crippen LogP contribution >= 0.6 is 0 Å². The van der Waals surface area contributed by atoms with Crippen molar-refractivity contribution >= 4 is 15.9 Å². The fourth-order valence-corrected chi connectivity index (χ4v) is 2.58. The summed E-state index contributed by atoms with van der Waals surface area (Å²) in [6.45, 7) is 3.99. The third-order valence-electron chi connectivity index (χ3n) is 3.28. The number of benzene rings is 1. The van der Waals surface area contributed by atoms with E-state index in [9.17, 15) is 13.2 Å². The summed E-state index contributed by atoms with van der Waals surface area (Å²) in [7, 11) is -2.34. The van der Waals surface area contributed by atoms with E-state index in [0.717, 1.165) is 12.8 Å². The smallest absolute Gasteiger partial charge is 0.238 e. The van der Waals surface area contributed by atoms with Gasteiger partial charge in [-0.3, -0.25) is 4.79 Å². The van der Waals surface area contributed by atoms with Crippen molar-refractivity contribution in [3.8, 4) is 5.75 Å². The topological polar surface area (TPSA) is 98.5 Å². The van der Waals surface area contributed by atoms with Gasteiger partial charge in [-0.05, 0) is 31.0 Å². The van der Waals surface area contributed by atoms with Gasteiger partial charge < -0.3 is 10.1 Å². The minimum atomic E-state index is -3.81. The fourth-order valence-electron chi connectivity index (χ4n) is 2.01. The molecule has 1 aromatic rings. The van der Waals surface area contributed by atoms with Crippen molar-refractivity contribution in [1.82, 2.24) is 5.32 Å². The minimum absolute atomic E-state index is 0.0337. The van der Waals surface area contributed by atoms with Crippen molar-refractivity contribution in [3.63, 3.8) is 0 Å². The second kappa shape index (κ2) is 7.42. The first-order chi connectivity index (χ1) is 9.81. The quantitative estimate of drug-likeness (QED) is 0.789. The van der Waals surface area contributed by atoms with E-state index in [-0.39, 0.29) is 23.3 Å². The lowest BCUT2D eigenvalue weighted by Gasteiger charge is -2.16. The Morgan fingerprint density at radius 1 is 1.33 bits per heavy atom. The number of nitrogens with one attached hydrogen (secondary N) is 1. The molecule has 6 nitrogen and oxygen atoms in total. The van der Waals surface area contributed by atoms with Crippen LogP contribution in [0.2, 0.25) is 0 Å². The molecule has 0 atom stereocenters. The Morgan fingerprint density at radius 2 is 1.95 bits per heavy atom. The Labute approximate surface area is 125 Å². The summed E-state index contributed by atoms with van der Waals surface area (Å²) < 4.78 is 27.9. The molecule has 0 spiro atoms. The van der Waals surface area contributed by atoms with E-state index in [1.807, 2.05) is 13.8 Å². The molecule has 0 radical (unpaired) electrons. The zero-order valence-electron chi connectivity index (χ0n) is 12.5. The molecule has 1 amide bonds. The van der Waals surface area contributed by atoms with Crippen LogP contribution in [0.4, 0.5) is 0 Å². The summed E-state index contributed by atoms with van der Waals surface area (Å²) in [5.74, 6) is 0.288. The Morgan fingerprint density at radius 3 is 2.43 bits per heavy atom. The number of hydrogen-bond donors (Lipinski definition) is 2. The predicted molar refractivity (Wildman–Crippen MR) is 80.6 cm³/mol. The number of carbonyl (C=O) groups excluding carboxylic acids is 1. The SMILES string of the molecule is CCC(CC)NC(=O)Cc1cc(S(N)(=O)=O)ccc1OC. The molecule has 0 aliphatic heterocycles. The maximum Gasteiger partial charge on any atom is 0.238 e. The molecule has 0 aliphatic rings. The van der Waals surface area contributed by atoms with Crippen molar-refractivity contribution in [3.05, 3.63) is 23.8 Å². The molecule has 1 aromatic carbocycles.